The fraction of sp³-hybridized carbons (Fsp3) is 0.167. The molecule has 10 heteroatoms. The molecule has 0 radical (unpaired) electrons. The number of rotatable bonds is 9. The second-order valence-corrected chi connectivity index (χ2v) is 9.67. The topological polar surface area (TPSA) is 112 Å². The van der Waals surface area contributed by atoms with Crippen molar-refractivity contribution in [2.45, 2.75) is 17.9 Å². The third-order valence-corrected chi connectivity index (χ3v) is 6.22. The molecule has 0 aliphatic rings. The first-order chi connectivity index (χ1) is 16.4. The van der Waals surface area contributed by atoms with Crippen LogP contribution in [0.25, 0.3) is 23.0 Å². The summed E-state index contributed by atoms with van der Waals surface area (Å²) in [6, 6.07) is 10.2. The highest BCUT2D eigenvalue weighted by molar-refractivity contribution is 7.90. The van der Waals surface area contributed by atoms with Crippen molar-refractivity contribution < 1.29 is 13.2 Å². The average Bonchev–Trinajstić information content (AvgIpc) is 3.51. The van der Waals surface area contributed by atoms with E-state index in [1.54, 1.807) is 66.1 Å². The zero-order valence-corrected chi connectivity index (χ0v) is 19.4. The Morgan fingerprint density at radius 2 is 1.82 bits per heavy atom. The van der Waals surface area contributed by atoms with E-state index < -0.39 is 9.84 Å². The Hall–Kier alpha value is -4.05. The van der Waals surface area contributed by atoms with E-state index in [4.69, 9.17) is 0 Å². The lowest BCUT2D eigenvalue weighted by molar-refractivity contribution is -0.116. The third-order valence-electron chi connectivity index (χ3n) is 5.09. The number of nitrogens with one attached hydrogen (secondary N) is 1. The van der Waals surface area contributed by atoms with Crippen LogP contribution in [-0.4, -0.2) is 51.4 Å². The lowest BCUT2D eigenvalue weighted by Crippen LogP contribution is -2.22. The molecule has 0 bridgehead atoms. The second kappa shape index (κ2) is 10.3. The van der Waals surface area contributed by atoms with Crippen LogP contribution in [0.5, 0.6) is 0 Å². The van der Waals surface area contributed by atoms with Crippen LogP contribution in [0.3, 0.4) is 0 Å². The number of imidazole rings is 1. The second-order valence-electron chi connectivity index (χ2n) is 7.66. The standard InChI is InChI=1S/C24H24N6O3S/c1-34(32,33)22-6-4-21(5-7-22)30-17-20(24(28-30)19-9-12-25-13-10-19)3-8-23(31)27-11-2-15-29-16-14-26-18-29/h3-10,12-14,16-18H,2,11,15H2,1H3,(H,27,31)/b8-3+. The third kappa shape index (κ3) is 5.84. The molecule has 34 heavy (non-hydrogen) atoms. The largest absolute Gasteiger partial charge is 0.352 e. The number of carbonyl (C=O) groups is 1. The molecule has 1 aromatic carbocycles. The molecule has 3 aromatic heterocycles. The number of aryl methyl sites for hydroxylation is 1. The first kappa shape index (κ1) is 23.1. The minimum Gasteiger partial charge on any atom is -0.352 e. The molecular formula is C24H24N6O3S. The smallest absolute Gasteiger partial charge is 0.244 e. The minimum absolute atomic E-state index is 0.198. The van der Waals surface area contributed by atoms with Gasteiger partial charge in [0, 0.05) is 67.5 Å². The van der Waals surface area contributed by atoms with Crippen molar-refractivity contribution in [3.05, 3.63) is 85.3 Å². The predicted molar refractivity (Wildman–Crippen MR) is 129 cm³/mol. The number of benzene rings is 1. The van der Waals surface area contributed by atoms with E-state index in [9.17, 15) is 13.2 Å². The summed E-state index contributed by atoms with van der Waals surface area (Å²) in [5.41, 5.74) is 2.97. The van der Waals surface area contributed by atoms with Crippen LogP contribution in [0.2, 0.25) is 0 Å². The van der Waals surface area contributed by atoms with Crippen molar-refractivity contribution in [3.8, 4) is 16.9 Å². The number of aromatic nitrogens is 5. The molecule has 9 nitrogen and oxygen atoms in total. The number of hydrogen-bond acceptors (Lipinski definition) is 6. The summed E-state index contributed by atoms with van der Waals surface area (Å²) < 4.78 is 27.1. The van der Waals surface area contributed by atoms with Gasteiger partial charge in [0.2, 0.25) is 5.91 Å². The highest BCUT2D eigenvalue weighted by atomic mass is 32.2. The molecule has 0 unspecified atom stereocenters. The van der Waals surface area contributed by atoms with Crippen LogP contribution in [0.15, 0.2) is 84.7 Å². The highest BCUT2D eigenvalue weighted by Gasteiger charge is 2.12. The summed E-state index contributed by atoms with van der Waals surface area (Å²) in [6.45, 7) is 1.32. The molecule has 0 aliphatic carbocycles. The molecule has 0 spiro atoms. The zero-order chi connectivity index (χ0) is 24.0. The van der Waals surface area contributed by atoms with E-state index in [1.165, 1.54) is 12.3 Å². The van der Waals surface area contributed by atoms with Crippen molar-refractivity contribution in [3.63, 3.8) is 0 Å². The number of carbonyl (C=O) groups excluding carboxylic acids is 1. The van der Waals surface area contributed by atoms with E-state index >= 15 is 0 Å². The van der Waals surface area contributed by atoms with E-state index in [2.05, 4.69) is 20.4 Å². The molecule has 4 rings (SSSR count). The normalized spacial score (nSPS) is 11.7. The zero-order valence-electron chi connectivity index (χ0n) is 18.6. The predicted octanol–water partition coefficient (Wildman–Crippen LogP) is 2.75. The maximum Gasteiger partial charge on any atom is 0.244 e. The Bertz CT molecular complexity index is 1380. The van der Waals surface area contributed by atoms with Crippen LogP contribution in [0, 0.1) is 0 Å². The Morgan fingerprint density at radius 1 is 1.06 bits per heavy atom. The fourth-order valence-corrected chi connectivity index (χ4v) is 3.97. The number of sulfone groups is 1. The van der Waals surface area contributed by atoms with Gasteiger partial charge in [-0.3, -0.25) is 9.78 Å². The number of hydrogen-bond donors (Lipinski definition) is 1. The van der Waals surface area contributed by atoms with Crippen LogP contribution < -0.4 is 5.32 Å². The summed E-state index contributed by atoms with van der Waals surface area (Å²) in [5, 5.41) is 7.55. The molecule has 174 valence electrons. The maximum atomic E-state index is 12.3. The SMILES string of the molecule is CS(=O)(=O)c1ccc(-n2cc(/C=C/C(=O)NCCCn3ccnc3)c(-c3ccncc3)n2)cc1. The molecule has 0 saturated carbocycles. The van der Waals surface area contributed by atoms with Gasteiger partial charge in [-0.1, -0.05) is 0 Å². The molecule has 3 heterocycles. The maximum absolute atomic E-state index is 12.3. The van der Waals surface area contributed by atoms with Crippen LogP contribution in [-0.2, 0) is 21.2 Å². The Balaban J connectivity index is 1.51. The van der Waals surface area contributed by atoms with E-state index in [1.807, 2.05) is 22.9 Å². The van der Waals surface area contributed by atoms with Gasteiger partial charge in [-0.15, -0.1) is 0 Å². The minimum atomic E-state index is -3.29. The first-order valence-corrected chi connectivity index (χ1v) is 12.5. The number of nitrogens with zero attached hydrogens (tertiary/aromatic N) is 5. The Kier molecular flexibility index (Phi) is 6.98. The molecular weight excluding hydrogens is 452 g/mol. The van der Waals surface area contributed by atoms with Gasteiger partial charge in [0.1, 0.15) is 5.69 Å². The monoisotopic (exact) mass is 476 g/mol. The number of amides is 1. The van der Waals surface area contributed by atoms with Gasteiger partial charge in [-0.2, -0.15) is 5.10 Å². The van der Waals surface area contributed by atoms with Crippen molar-refractivity contribution in [1.29, 1.82) is 0 Å². The number of pyridine rings is 1. The van der Waals surface area contributed by atoms with E-state index in [-0.39, 0.29) is 10.8 Å². The average molecular weight is 477 g/mol. The van der Waals surface area contributed by atoms with Gasteiger partial charge >= 0.3 is 0 Å². The van der Waals surface area contributed by atoms with E-state index in [0.29, 0.717) is 17.9 Å². The molecule has 0 fully saturated rings. The molecule has 0 aliphatic heterocycles. The first-order valence-electron chi connectivity index (χ1n) is 10.6. The summed E-state index contributed by atoms with van der Waals surface area (Å²) in [4.78, 5) is 20.6. The van der Waals surface area contributed by atoms with Gasteiger partial charge in [-0.25, -0.2) is 18.1 Å². The van der Waals surface area contributed by atoms with Crippen LogP contribution in [0.4, 0.5) is 0 Å². The lowest BCUT2D eigenvalue weighted by Gasteiger charge is -2.03. The molecule has 4 aromatic rings. The summed E-state index contributed by atoms with van der Waals surface area (Å²) in [5.74, 6) is -0.198. The highest BCUT2D eigenvalue weighted by Crippen LogP contribution is 2.25. The van der Waals surface area contributed by atoms with Crippen molar-refractivity contribution in [1.82, 2.24) is 29.6 Å². The molecule has 1 amide bonds. The van der Waals surface area contributed by atoms with Crippen molar-refractivity contribution >= 4 is 21.8 Å². The molecule has 0 atom stereocenters. The van der Waals surface area contributed by atoms with Gasteiger partial charge in [-0.05, 0) is 48.9 Å². The fourth-order valence-electron chi connectivity index (χ4n) is 3.34. The van der Waals surface area contributed by atoms with Gasteiger partial charge in [0.05, 0.1) is 16.9 Å². The van der Waals surface area contributed by atoms with Crippen molar-refractivity contribution in [2.75, 3.05) is 12.8 Å². The lowest BCUT2D eigenvalue weighted by atomic mass is 10.1. The van der Waals surface area contributed by atoms with Gasteiger partial charge in [0.15, 0.2) is 9.84 Å². The van der Waals surface area contributed by atoms with Crippen molar-refractivity contribution in [2.24, 2.45) is 0 Å². The van der Waals surface area contributed by atoms with Crippen LogP contribution >= 0.6 is 0 Å². The van der Waals surface area contributed by atoms with E-state index in [0.717, 1.165) is 24.1 Å². The summed E-state index contributed by atoms with van der Waals surface area (Å²) >= 11 is 0. The van der Waals surface area contributed by atoms with Crippen LogP contribution in [0.1, 0.15) is 12.0 Å². The summed E-state index contributed by atoms with van der Waals surface area (Å²) in [7, 11) is -3.29. The van der Waals surface area contributed by atoms with Gasteiger partial charge < -0.3 is 9.88 Å². The quantitative estimate of drug-likeness (QED) is 0.294. The molecule has 1 N–H and O–H groups in total. The molecule has 0 saturated heterocycles. The summed E-state index contributed by atoms with van der Waals surface area (Å²) in [6.07, 6.45) is 15.7. The van der Waals surface area contributed by atoms with Gasteiger partial charge in [0.25, 0.3) is 0 Å². The Morgan fingerprint density at radius 3 is 2.50 bits per heavy atom. The Labute approximate surface area is 197 Å².